The predicted octanol–water partition coefficient (Wildman–Crippen LogP) is 6.06. The van der Waals surface area contributed by atoms with Crippen LogP contribution in [0.4, 0.5) is 5.69 Å². The van der Waals surface area contributed by atoms with Crippen molar-refractivity contribution in [2.24, 2.45) is 0 Å². The SMILES string of the molecule is CC[C@@H](C)NC(=O)[C@@H](Cc1ccccc1)N(Cc1ccccc1C)C(=O)CCCN(c1cc(Cl)ccc1C)S(C)(=O)=O. The van der Waals surface area contributed by atoms with Crippen LogP contribution in [0.5, 0.6) is 0 Å². The lowest BCUT2D eigenvalue weighted by Crippen LogP contribution is -2.52. The highest BCUT2D eigenvalue weighted by Gasteiger charge is 2.31. The van der Waals surface area contributed by atoms with Gasteiger partial charge in [0.15, 0.2) is 0 Å². The first-order valence-electron chi connectivity index (χ1n) is 14.3. The lowest BCUT2D eigenvalue weighted by atomic mass is 10.0. The molecule has 0 aliphatic heterocycles. The van der Waals surface area contributed by atoms with Crippen molar-refractivity contribution in [2.45, 2.75) is 72.0 Å². The molecule has 0 saturated heterocycles. The summed E-state index contributed by atoms with van der Waals surface area (Å²) in [4.78, 5) is 29.4. The zero-order chi connectivity index (χ0) is 30.9. The molecule has 2 amide bonds. The summed E-state index contributed by atoms with van der Waals surface area (Å²) in [6.45, 7) is 8.13. The number of benzene rings is 3. The number of amides is 2. The summed E-state index contributed by atoms with van der Waals surface area (Å²) in [5.74, 6) is -0.419. The van der Waals surface area contributed by atoms with Gasteiger partial charge < -0.3 is 10.2 Å². The number of carbonyl (C=O) groups excluding carboxylic acids is 2. The van der Waals surface area contributed by atoms with Gasteiger partial charge in [-0.1, -0.05) is 79.2 Å². The maximum atomic E-state index is 14.0. The highest BCUT2D eigenvalue weighted by Crippen LogP contribution is 2.27. The molecular weight excluding hydrogens is 570 g/mol. The molecule has 7 nitrogen and oxygen atoms in total. The molecular formula is C33H42ClN3O4S. The molecule has 0 spiro atoms. The molecule has 0 bridgehead atoms. The second-order valence-corrected chi connectivity index (χ2v) is 13.2. The van der Waals surface area contributed by atoms with E-state index in [0.717, 1.165) is 34.9 Å². The van der Waals surface area contributed by atoms with Crippen LogP contribution in [0.3, 0.4) is 0 Å². The third-order valence-corrected chi connectivity index (χ3v) is 8.88. The summed E-state index contributed by atoms with van der Waals surface area (Å²) in [5.41, 5.74) is 4.18. The second-order valence-electron chi connectivity index (χ2n) is 10.8. The number of sulfonamides is 1. The Morgan fingerprint density at radius 3 is 2.26 bits per heavy atom. The van der Waals surface area contributed by atoms with E-state index < -0.39 is 16.1 Å². The normalized spacial score (nSPS) is 12.8. The highest BCUT2D eigenvalue weighted by atomic mass is 35.5. The van der Waals surface area contributed by atoms with Gasteiger partial charge in [-0.15, -0.1) is 0 Å². The fourth-order valence-corrected chi connectivity index (χ4v) is 5.98. The van der Waals surface area contributed by atoms with Gasteiger partial charge in [0.05, 0.1) is 11.9 Å². The Labute approximate surface area is 255 Å². The molecule has 226 valence electrons. The minimum absolute atomic E-state index is 0.0459. The summed E-state index contributed by atoms with van der Waals surface area (Å²) in [6, 6.07) is 21.8. The van der Waals surface area contributed by atoms with E-state index in [1.165, 1.54) is 4.31 Å². The number of nitrogens with one attached hydrogen (secondary N) is 1. The van der Waals surface area contributed by atoms with Crippen LogP contribution in [0.15, 0.2) is 72.8 Å². The summed E-state index contributed by atoms with van der Waals surface area (Å²) in [5, 5.41) is 3.51. The molecule has 0 unspecified atom stereocenters. The van der Waals surface area contributed by atoms with Crippen molar-refractivity contribution in [3.8, 4) is 0 Å². The molecule has 1 N–H and O–H groups in total. The minimum atomic E-state index is -3.63. The second kappa shape index (κ2) is 15.2. The molecule has 42 heavy (non-hydrogen) atoms. The molecule has 0 aliphatic rings. The number of nitrogens with zero attached hydrogens (tertiary/aromatic N) is 2. The largest absolute Gasteiger partial charge is 0.352 e. The number of halogens is 1. The first kappa shape index (κ1) is 33.1. The van der Waals surface area contributed by atoms with Gasteiger partial charge in [-0.3, -0.25) is 13.9 Å². The zero-order valence-electron chi connectivity index (χ0n) is 25.1. The van der Waals surface area contributed by atoms with Gasteiger partial charge in [-0.05, 0) is 68.0 Å². The fourth-order valence-electron chi connectivity index (χ4n) is 4.80. The van der Waals surface area contributed by atoms with Crippen LogP contribution in [-0.2, 0) is 32.6 Å². The van der Waals surface area contributed by atoms with Crippen molar-refractivity contribution < 1.29 is 18.0 Å². The third kappa shape index (κ3) is 9.33. The van der Waals surface area contributed by atoms with Crippen molar-refractivity contribution in [1.29, 1.82) is 0 Å². The van der Waals surface area contributed by atoms with Crippen molar-refractivity contribution in [3.05, 3.63) is 100 Å². The van der Waals surface area contributed by atoms with Crippen LogP contribution in [0, 0.1) is 13.8 Å². The Morgan fingerprint density at radius 2 is 1.62 bits per heavy atom. The summed E-state index contributed by atoms with van der Waals surface area (Å²) >= 11 is 6.18. The van der Waals surface area contributed by atoms with Crippen LogP contribution in [0.2, 0.25) is 5.02 Å². The molecule has 0 heterocycles. The Kier molecular flexibility index (Phi) is 12.0. The number of carbonyl (C=O) groups is 2. The van der Waals surface area contributed by atoms with Gasteiger partial charge in [-0.25, -0.2) is 8.42 Å². The Hall–Kier alpha value is -3.36. The maximum Gasteiger partial charge on any atom is 0.243 e. The highest BCUT2D eigenvalue weighted by molar-refractivity contribution is 7.92. The van der Waals surface area contributed by atoms with Crippen molar-refractivity contribution in [3.63, 3.8) is 0 Å². The van der Waals surface area contributed by atoms with E-state index >= 15 is 0 Å². The van der Waals surface area contributed by atoms with Gasteiger partial charge in [-0.2, -0.15) is 0 Å². The van der Waals surface area contributed by atoms with E-state index in [1.807, 2.05) is 82.3 Å². The van der Waals surface area contributed by atoms with E-state index in [1.54, 1.807) is 23.1 Å². The topological polar surface area (TPSA) is 86.8 Å². The molecule has 9 heteroatoms. The van der Waals surface area contributed by atoms with Crippen molar-refractivity contribution >= 4 is 39.1 Å². The number of hydrogen-bond acceptors (Lipinski definition) is 4. The number of aryl methyl sites for hydroxylation is 2. The Balaban J connectivity index is 1.92. The monoisotopic (exact) mass is 611 g/mol. The van der Waals surface area contributed by atoms with E-state index in [4.69, 9.17) is 11.6 Å². The van der Waals surface area contributed by atoms with E-state index in [9.17, 15) is 18.0 Å². The third-order valence-electron chi connectivity index (χ3n) is 7.47. The molecule has 3 aromatic rings. The fraction of sp³-hybridized carbons (Fsp3) is 0.394. The molecule has 0 fully saturated rings. The summed E-state index contributed by atoms with van der Waals surface area (Å²) in [6.07, 6.45) is 2.61. The average Bonchev–Trinajstić information content (AvgIpc) is 2.95. The van der Waals surface area contributed by atoms with Gasteiger partial charge in [0.2, 0.25) is 21.8 Å². The van der Waals surface area contributed by atoms with Gasteiger partial charge in [0, 0.05) is 37.0 Å². The minimum Gasteiger partial charge on any atom is -0.352 e. The van der Waals surface area contributed by atoms with Gasteiger partial charge in [0.25, 0.3) is 0 Å². The lowest BCUT2D eigenvalue weighted by molar-refractivity contribution is -0.141. The van der Waals surface area contributed by atoms with Crippen LogP contribution >= 0.6 is 11.6 Å². The summed E-state index contributed by atoms with van der Waals surface area (Å²) < 4.78 is 26.8. The maximum absolute atomic E-state index is 14.0. The first-order valence-corrected chi connectivity index (χ1v) is 16.6. The average molecular weight is 612 g/mol. The Bertz CT molecular complexity index is 1460. The number of hydrogen-bond donors (Lipinski definition) is 1. The quantitative estimate of drug-likeness (QED) is 0.240. The number of rotatable bonds is 14. The molecule has 2 atom stereocenters. The lowest BCUT2D eigenvalue weighted by Gasteiger charge is -2.33. The van der Waals surface area contributed by atoms with Gasteiger partial charge >= 0.3 is 0 Å². The number of anilines is 1. The van der Waals surface area contributed by atoms with E-state index in [0.29, 0.717) is 17.1 Å². The van der Waals surface area contributed by atoms with E-state index in [-0.39, 0.29) is 43.8 Å². The zero-order valence-corrected chi connectivity index (χ0v) is 26.7. The first-order chi connectivity index (χ1) is 19.9. The van der Waals surface area contributed by atoms with Crippen LogP contribution in [-0.4, -0.2) is 50.0 Å². The van der Waals surface area contributed by atoms with Crippen LogP contribution in [0.25, 0.3) is 0 Å². The van der Waals surface area contributed by atoms with Crippen molar-refractivity contribution in [1.82, 2.24) is 10.2 Å². The molecule has 0 radical (unpaired) electrons. The molecule has 3 rings (SSSR count). The smallest absolute Gasteiger partial charge is 0.243 e. The molecule has 0 aliphatic carbocycles. The molecule has 3 aromatic carbocycles. The van der Waals surface area contributed by atoms with Crippen molar-refractivity contribution in [2.75, 3.05) is 17.1 Å². The van der Waals surface area contributed by atoms with E-state index in [2.05, 4.69) is 5.32 Å². The predicted molar refractivity (Wildman–Crippen MR) is 171 cm³/mol. The summed E-state index contributed by atoms with van der Waals surface area (Å²) in [7, 11) is -3.63. The molecule has 0 saturated carbocycles. The van der Waals surface area contributed by atoms with Gasteiger partial charge in [0.1, 0.15) is 6.04 Å². The molecule has 0 aromatic heterocycles. The Morgan fingerprint density at radius 1 is 0.952 bits per heavy atom. The van der Waals surface area contributed by atoms with Crippen LogP contribution in [0.1, 0.15) is 55.4 Å². The van der Waals surface area contributed by atoms with Crippen LogP contribution < -0.4 is 9.62 Å². The standard InChI is InChI=1S/C33H42ClN3O4S/c1-6-26(4)35-33(39)31(21-27-14-8-7-9-15-27)36(23-28-16-11-10-13-24(28)2)32(38)17-12-20-37(42(5,40)41)30-22-29(34)19-18-25(30)3/h7-11,13-16,18-19,22,26,31H,6,12,17,20-21,23H2,1-5H3,(H,35,39)/t26-,31-/m1/s1.